The van der Waals surface area contributed by atoms with E-state index in [0.717, 1.165) is 0 Å². The van der Waals surface area contributed by atoms with Gasteiger partial charge in [0.2, 0.25) is 0 Å². The van der Waals surface area contributed by atoms with Crippen molar-refractivity contribution < 1.29 is 21.0 Å². The smallest absolute Gasteiger partial charge is 0.107 e. The summed E-state index contributed by atoms with van der Waals surface area (Å²) in [6.45, 7) is 7.09. The van der Waals surface area contributed by atoms with Crippen molar-refractivity contribution in [2.24, 2.45) is 0 Å². The van der Waals surface area contributed by atoms with Crippen molar-refractivity contribution in [1.29, 1.82) is 0 Å². The molecule has 0 heterocycles. The Kier molecular flexibility index (Phi) is 9.99. The largest absolute Gasteiger partial charge is 0.107 e. The molecule has 0 saturated carbocycles. The van der Waals surface area contributed by atoms with Gasteiger partial charge in [0.15, 0.2) is 0 Å². The first-order chi connectivity index (χ1) is 5.46. The molecule has 0 nitrogen and oxygen atoms in total. The molecule has 0 rings (SSSR count). The molecule has 0 spiro atoms. The van der Waals surface area contributed by atoms with E-state index in [4.69, 9.17) is 0 Å². The second-order valence-corrected chi connectivity index (χ2v) is 51.8. The molecule has 13 heavy (non-hydrogen) atoms. The number of rotatable bonds is 6. The number of hydrogen-bond donors (Lipinski definition) is 0. The minimum absolute atomic E-state index is 0. The quantitative estimate of drug-likeness (QED) is 0.305. The normalized spacial score (nSPS) is 14.4. The van der Waals surface area contributed by atoms with Crippen LogP contribution in [0.15, 0.2) is 0 Å². The predicted molar refractivity (Wildman–Crippen MR) is 75.5 cm³/mol. The van der Waals surface area contributed by atoms with Crippen LogP contribution in [-0.4, -0.2) is 5.75 Å². The third-order valence-corrected chi connectivity index (χ3v) is 43.4. The maximum absolute atomic E-state index is 2.63. The molecule has 0 aliphatic carbocycles. The van der Waals surface area contributed by atoms with Crippen molar-refractivity contribution in [3.8, 4) is 0 Å². The molecular formula is C10H26ISU. The van der Waals surface area contributed by atoms with Crippen LogP contribution in [0.5, 0.6) is 0 Å². The fourth-order valence-corrected chi connectivity index (χ4v) is 20.2. The van der Waals surface area contributed by atoms with E-state index in [1.807, 2.05) is 0 Å². The van der Waals surface area contributed by atoms with Crippen LogP contribution >= 0.6 is 31.6 Å². The molecule has 0 aromatic heterocycles. The standard InChI is InChI=1S/C4H10S.2C2H5.2CH3.HI.U/c1-2-3-4-5;2*1-2;;;;/h5H,2-4H2,1H3;2*1H2,2H3;2*1H3;1H;/q;;;;;;+1/p-1. The third kappa shape index (κ3) is 7.09. The Bertz CT molecular complexity index is 129. The second kappa shape index (κ2) is 7.41. The Balaban J connectivity index is 0. The molecule has 83 valence electrons. The summed E-state index contributed by atoms with van der Waals surface area (Å²) in [5.41, 5.74) is 0. The van der Waals surface area contributed by atoms with Crippen molar-refractivity contribution in [3.63, 3.8) is 0 Å². The van der Waals surface area contributed by atoms with Crippen LogP contribution in [0.4, 0.5) is 0 Å². The van der Waals surface area contributed by atoms with Crippen LogP contribution in [-0.2, 0) is 0 Å². The average Bonchev–Trinajstić information content (AvgIpc) is 2.06. The predicted octanol–water partition coefficient (Wildman–Crippen LogP) is 5.72. The van der Waals surface area contributed by atoms with E-state index in [1.54, 1.807) is 0 Å². The van der Waals surface area contributed by atoms with Gasteiger partial charge in [0, 0.05) is 0 Å². The molecular weight excluding hydrogens is 517 g/mol. The zero-order valence-electron chi connectivity index (χ0n) is 9.85. The van der Waals surface area contributed by atoms with Gasteiger partial charge in [-0.25, -0.2) is 0 Å². The van der Waals surface area contributed by atoms with E-state index < -0.39 is 21.0 Å². The molecule has 0 N–H and O–H groups in total. The number of hydrogen-bond acceptors (Lipinski definition) is 1. The van der Waals surface area contributed by atoms with Gasteiger partial charge in [0.1, 0.15) is 0 Å². The van der Waals surface area contributed by atoms with Gasteiger partial charge in [0.05, 0.1) is 0 Å². The zero-order chi connectivity index (χ0) is 9.69. The Labute approximate surface area is 105 Å². The molecule has 0 aromatic carbocycles. The topological polar surface area (TPSA) is 0 Å². The molecule has 3 heteroatoms. The van der Waals surface area contributed by atoms with Crippen LogP contribution in [0, 0.1) is 21.0 Å². The number of unbranched alkanes of at least 4 members (excludes halogenated alkanes) is 1. The summed E-state index contributed by atoms with van der Waals surface area (Å²) in [5.74, 6) is 1.42. The summed E-state index contributed by atoms with van der Waals surface area (Å²) in [7, 11) is 2.38. The minimum atomic E-state index is -2.31. The summed E-state index contributed by atoms with van der Waals surface area (Å²) in [5, 5.41) is 0. The van der Waals surface area contributed by atoms with Crippen LogP contribution in [0.1, 0.15) is 33.6 Å². The van der Waals surface area contributed by atoms with Crippen molar-refractivity contribution in [2.75, 3.05) is 5.75 Å². The first-order valence-corrected chi connectivity index (χ1v) is 25.6. The van der Waals surface area contributed by atoms with E-state index in [9.17, 15) is 0 Å². The Morgan fingerprint density at radius 1 is 1.00 bits per heavy atom. The molecule has 0 amide bonds. The minimum Gasteiger partial charge on any atom is -0.107 e. The molecule has 0 aromatic rings. The summed E-state index contributed by atoms with van der Waals surface area (Å²) in [4.78, 5) is 0. The summed E-state index contributed by atoms with van der Waals surface area (Å²) < 4.78 is 8.25. The van der Waals surface area contributed by atoms with E-state index in [2.05, 4.69) is 36.3 Å². The first-order valence-electron chi connectivity index (χ1n) is 5.32. The van der Waals surface area contributed by atoms with Crippen molar-refractivity contribution in [3.05, 3.63) is 0 Å². The Morgan fingerprint density at radius 3 is 1.77 bits per heavy atom. The maximum atomic E-state index is 2.63. The van der Waals surface area contributed by atoms with Crippen LogP contribution in [0.25, 0.3) is 0 Å². The van der Waals surface area contributed by atoms with Crippen LogP contribution in [0.2, 0.25) is 14.8 Å². The monoisotopic (exact) mass is 543 g/mol. The van der Waals surface area contributed by atoms with E-state index in [1.165, 1.54) is 25.5 Å². The molecule has 0 unspecified atom stereocenters. The van der Waals surface area contributed by atoms with Crippen molar-refractivity contribution in [2.45, 2.75) is 48.4 Å². The number of halogens is 1. The molecule has 0 atom stereocenters. The second-order valence-electron chi connectivity index (χ2n) is 4.77. The summed E-state index contributed by atoms with van der Waals surface area (Å²) in [6, 6.07) is 0. The molecule has 0 aliphatic heterocycles. The molecule has 0 radical (unpaired) electrons. The zero-order valence-corrected chi connectivity index (χ0v) is 17.2. The fraction of sp³-hybridized carbons (Fsp3) is 1.00. The van der Waals surface area contributed by atoms with Gasteiger partial charge >= 0.3 is 82.8 Å². The van der Waals surface area contributed by atoms with E-state index in [-0.39, 0.29) is 24.0 Å². The first kappa shape index (κ1) is 17.5. The SMILES string of the molecule is CCCC[S][U]([CH3])([CH3])([CH2]C)[CH2]C.I. The molecule has 0 saturated heterocycles. The summed E-state index contributed by atoms with van der Waals surface area (Å²) in [6.07, 6.45) is 2.77. The van der Waals surface area contributed by atoms with E-state index >= 15 is 0 Å². The fourth-order valence-electron chi connectivity index (χ4n) is 1.02. The van der Waals surface area contributed by atoms with Crippen molar-refractivity contribution >= 4 is 31.6 Å². The van der Waals surface area contributed by atoms with Gasteiger partial charge in [-0.05, 0) is 0 Å². The van der Waals surface area contributed by atoms with Gasteiger partial charge in [0.25, 0.3) is 0 Å². The van der Waals surface area contributed by atoms with Gasteiger partial charge in [-0.3, -0.25) is 0 Å². The Hall–Kier alpha value is 2.13. The van der Waals surface area contributed by atoms with Gasteiger partial charge < -0.3 is 0 Å². The van der Waals surface area contributed by atoms with Crippen LogP contribution in [0.3, 0.4) is 0 Å². The Morgan fingerprint density at radius 2 is 1.46 bits per heavy atom. The average molecular weight is 543 g/mol. The van der Waals surface area contributed by atoms with Gasteiger partial charge in [-0.15, -0.1) is 24.0 Å². The molecule has 0 bridgehead atoms. The van der Waals surface area contributed by atoms with Gasteiger partial charge in [-0.2, -0.15) is 0 Å². The molecule has 0 aliphatic rings. The summed E-state index contributed by atoms with van der Waals surface area (Å²) >= 11 is -2.31. The van der Waals surface area contributed by atoms with E-state index in [0.29, 0.717) is 0 Å². The van der Waals surface area contributed by atoms with Crippen LogP contribution < -0.4 is 0 Å². The maximum Gasteiger partial charge on any atom is -0.107 e. The van der Waals surface area contributed by atoms with Gasteiger partial charge in [-0.1, -0.05) is 0 Å². The third-order valence-electron chi connectivity index (χ3n) is 3.30. The molecule has 0 fully saturated rings. The van der Waals surface area contributed by atoms with Crippen molar-refractivity contribution in [1.82, 2.24) is 0 Å².